The first-order valence-corrected chi connectivity index (χ1v) is 15.6. The van der Waals surface area contributed by atoms with Crippen LogP contribution in [0.3, 0.4) is 0 Å². The molecule has 0 saturated heterocycles. The fraction of sp³-hybridized carbons (Fsp3) is 0.268. The monoisotopic (exact) mass is 528 g/mol. The third-order valence-corrected chi connectivity index (χ3v) is 11.2. The zero-order valence-corrected chi connectivity index (χ0v) is 24.6. The van der Waals surface area contributed by atoms with Crippen molar-refractivity contribution in [3.05, 3.63) is 146 Å². The summed E-state index contributed by atoms with van der Waals surface area (Å²) in [6.07, 6.45) is 10.3. The van der Waals surface area contributed by atoms with Gasteiger partial charge >= 0.3 is 0 Å². The SMILES string of the molecule is CC1=C2CCCCC2=C2c3cc4ccccc4c4c3C(c3c(C)cc(C)cc3C)(C3C=C(c5ccccc5)C=C43)C12. The van der Waals surface area contributed by atoms with E-state index in [1.165, 1.54) is 75.4 Å². The molecule has 0 N–H and O–H groups in total. The first kappa shape index (κ1) is 23.8. The average molecular weight is 529 g/mol. The lowest BCUT2D eigenvalue weighted by molar-refractivity contribution is 0.412. The van der Waals surface area contributed by atoms with E-state index >= 15 is 0 Å². The minimum atomic E-state index is -0.115. The molecule has 0 aromatic heterocycles. The van der Waals surface area contributed by atoms with Crippen LogP contribution < -0.4 is 0 Å². The van der Waals surface area contributed by atoms with Gasteiger partial charge < -0.3 is 0 Å². The highest BCUT2D eigenvalue weighted by molar-refractivity contribution is 6.10. The van der Waals surface area contributed by atoms with Gasteiger partial charge in [0.1, 0.15) is 0 Å². The van der Waals surface area contributed by atoms with Gasteiger partial charge in [-0.1, -0.05) is 90.0 Å². The molecule has 0 aliphatic heterocycles. The molecule has 0 nitrogen and oxygen atoms in total. The lowest BCUT2D eigenvalue weighted by Crippen LogP contribution is -2.38. The number of hydrogen-bond donors (Lipinski definition) is 0. The highest BCUT2D eigenvalue weighted by Gasteiger charge is 2.64. The fourth-order valence-corrected chi connectivity index (χ4v) is 10.1. The van der Waals surface area contributed by atoms with Gasteiger partial charge in [0, 0.05) is 17.3 Å². The molecule has 0 heteroatoms. The van der Waals surface area contributed by atoms with Crippen molar-refractivity contribution in [2.45, 2.75) is 58.8 Å². The summed E-state index contributed by atoms with van der Waals surface area (Å²) < 4.78 is 0. The van der Waals surface area contributed by atoms with Gasteiger partial charge in [0.2, 0.25) is 0 Å². The molecule has 41 heavy (non-hydrogen) atoms. The molecule has 3 unspecified atom stereocenters. The molecule has 0 heterocycles. The summed E-state index contributed by atoms with van der Waals surface area (Å²) in [6.45, 7) is 9.54. The van der Waals surface area contributed by atoms with Crippen molar-refractivity contribution in [2.75, 3.05) is 0 Å². The fourth-order valence-electron chi connectivity index (χ4n) is 10.1. The van der Waals surface area contributed by atoms with Crippen LogP contribution in [-0.2, 0) is 5.41 Å². The highest BCUT2D eigenvalue weighted by atomic mass is 14.7. The number of allylic oxidation sites excluding steroid dienone is 8. The third kappa shape index (κ3) is 2.82. The Morgan fingerprint density at radius 3 is 2.22 bits per heavy atom. The summed E-state index contributed by atoms with van der Waals surface area (Å²) in [5, 5.41) is 2.81. The minimum absolute atomic E-state index is 0.115. The number of fused-ring (bicyclic) bond motifs is 9. The summed E-state index contributed by atoms with van der Waals surface area (Å²) in [4.78, 5) is 0. The Morgan fingerprint density at radius 1 is 0.732 bits per heavy atom. The Morgan fingerprint density at radius 2 is 1.44 bits per heavy atom. The van der Waals surface area contributed by atoms with Gasteiger partial charge in [-0.05, 0) is 137 Å². The molecular formula is C41H36. The maximum absolute atomic E-state index is 2.66. The van der Waals surface area contributed by atoms with Gasteiger partial charge in [0.25, 0.3) is 0 Å². The summed E-state index contributed by atoms with van der Waals surface area (Å²) in [5.41, 5.74) is 21.4. The predicted molar refractivity (Wildman–Crippen MR) is 173 cm³/mol. The number of aryl methyl sites for hydroxylation is 3. The van der Waals surface area contributed by atoms with E-state index in [0.29, 0.717) is 11.8 Å². The second-order valence-electron chi connectivity index (χ2n) is 13.3. The topological polar surface area (TPSA) is 0 Å². The second-order valence-corrected chi connectivity index (χ2v) is 13.3. The zero-order chi connectivity index (χ0) is 27.6. The summed E-state index contributed by atoms with van der Waals surface area (Å²) in [5.74, 6) is 0.717. The van der Waals surface area contributed by atoms with Crippen LogP contribution in [0, 0.1) is 32.6 Å². The van der Waals surface area contributed by atoms with Crippen LogP contribution in [-0.4, -0.2) is 0 Å². The van der Waals surface area contributed by atoms with E-state index in [4.69, 9.17) is 0 Å². The first-order chi connectivity index (χ1) is 20.0. The highest BCUT2D eigenvalue weighted by Crippen LogP contribution is 2.74. The Bertz CT molecular complexity index is 1950. The van der Waals surface area contributed by atoms with E-state index in [-0.39, 0.29) is 5.41 Å². The van der Waals surface area contributed by atoms with Gasteiger partial charge in [-0.3, -0.25) is 0 Å². The Hall–Kier alpha value is -3.90. The molecular weight excluding hydrogens is 492 g/mol. The zero-order valence-electron chi connectivity index (χ0n) is 24.6. The summed E-state index contributed by atoms with van der Waals surface area (Å²) in [6, 6.07) is 27.7. The normalized spacial score (nSPS) is 25.4. The Kier molecular flexibility index (Phi) is 4.70. The van der Waals surface area contributed by atoms with E-state index in [0.717, 1.165) is 0 Å². The number of benzene rings is 4. The van der Waals surface area contributed by atoms with Gasteiger partial charge in [0.15, 0.2) is 0 Å². The minimum Gasteiger partial charge on any atom is -0.0678 e. The van der Waals surface area contributed by atoms with Crippen LogP contribution in [0.4, 0.5) is 0 Å². The molecule has 0 spiro atoms. The second kappa shape index (κ2) is 8.10. The van der Waals surface area contributed by atoms with Crippen molar-refractivity contribution < 1.29 is 0 Å². The van der Waals surface area contributed by atoms with Crippen LogP contribution in [0.5, 0.6) is 0 Å². The van der Waals surface area contributed by atoms with Crippen LogP contribution in [0.25, 0.3) is 27.5 Å². The molecule has 3 atom stereocenters. The van der Waals surface area contributed by atoms with Crippen molar-refractivity contribution in [3.8, 4) is 0 Å². The van der Waals surface area contributed by atoms with Crippen molar-refractivity contribution in [3.63, 3.8) is 0 Å². The van der Waals surface area contributed by atoms with Crippen LogP contribution in [0.1, 0.15) is 77.1 Å². The molecule has 200 valence electrons. The molecule has 1 saturated carbocycles. The number of rotatable bonds is 2. The number of hydrogen-bond acceptors (Lipinski definition) is 0. The molecule has 0 bridgehead atoms. The van der Waals surface area contributed by atoms with Gasteiger partial charge in [-0.15, -0.1) is 0 Å². The van der Waals surface area contributed by atoms with E-state index < -0.39 is 0 Å². The van der Waals surface area contributed by atoms with E-state index in [1.807, 2.05) is 0 Å². The van der Waals surface area contributed by atoms with Crippen molar-refractivity contribution in [1.29, 1.82) is 0 Å². The molecule has 0 amide bonds. The van der Waals surface area contributed by atoms with Crippen LogP contribution >= 0.6 is 0 Å². The quantitative estimate of drug-likeness (QED) is 0.243. The molecule has 5 aliphatic rings. The van der Waals surface area contributed by atoms with Crippen LogP contribution in [0.15, 0.2) is 102 Å². The predicted octanol–water partition coefficient (Wildman–Crippen LogP) is 10.4. The lowest BCUT2D eigenvalue weighted by atomic mass is 9.60. The van der Waals surface area contributed by atoms with Crippen LogP contribution in [0.2, 0.25) is 0 Å². The van der Waals surface area contributed by atoms with E-state index in [2.05, 4.69) is 113 Å². The molecule has 1 fully saturated rings. The first-order valence-electron chi connectivity index (χ1n) is 15.6. The average Bonchev–Trinajstić information content (AvgIpc) is 3.68. The third-order valence-electron chi connectivity index (χ3n) is 11.2. The maximum Gasteiger partial charge on any atom is 0.0430 e. The Balaban J connectivity index is 1.48. The molecule has 0 radical (unpaired) electrons. The molecule has 4 aromatic carbocycles. The van der Waals surface area contributed by atoms with E-state index in [1.54, 1.807) is 39.0 Å². The Labute approximate surface area is 243 Å². The maximum atomic E-state index is 2.66. The molecule has 5 aliphatic carbocycles. The molecule has 9 rings (SSSR count). The van der Waals surface area contributed by atoms with Crippen molar-refractivity contribution in [1.82, 2.24) is 0 Å². The van der Waals surface area contributed by atoms with E-state index in [9.17, 15) is 0 Å². The van der Waals surface area contributed by atoms with Crippen molar-refractivity contribution >= 4 is 27.5 Å². The van der Waals surface area contributed by atoms with Gasteiger partial charge in [0.05, 0.1) is 0 Å². The van der Waals surface area contributed by atoms with Gasteiger partial charge in [-0.25, -0.2) is 0 Å². The lowest BCUT2D eigenvalue weighted by Gasteiger charge is -2.41. The largest absolute Gasteiger partial charge is 0.0678 e. The smallest absolute Gasteiger partial charge is 0.0430 e. The van der Waals surface area contributed by atoms with Gasteiger partial charge in [-0.2, -0.15) is 0 Å². The molecule has 4 aromatic rings. The summed E-state index contributed by atoms with van der Waals surface area (Å²) >= 11 is 0. The standard InChI is InChI=1S/C41H36/c1-23-18-24(2)38(25(3)19-23)41-35-22-29(27-12-6-5-7-13-27)21-33(35)36-31-16-9-8-14-28(31)20-34(40(36)41)37-32-17-11-10-15-30(32)26(4)39(37)41/h5-9,12-14,16,18-22,35,39H,10-11,15,17H2,1-4H3. The van der Waals surface area contributed by atoms with Crippen molar-refractivity contribution in [2.24, 2.45) is 11.8 Å². The summed E-state index contributed by atoms with van der Waals surface area (Å²) in [7, 11) is 0.